The molecule has 0 saturated heterocycles. The molecule has 50 valence electrons. The Morgan fingerprint density at radius 3 is 1.62 bits per heavy atom. The summed E-state index contributed by atoms with van der Waals surface area (Å²) in [6.45, 7) is 0. The van der Waals surface area contributed by atoms with E-state index in [1.807, 2.05) is 0 Å². The highest BCUT2D eigenvalue weighted by Crippen LogP contribution is 2.25. The van der Waals surface area contributed by atoms with E-state index in [2.05, 4.69) is 0 Å². The van der Waals surface area contributed by atoms with Crippen LogP contribution in [-0.4, -0.2) is 18.9 Å². The Labute approximate surface area is 74.7 Å². The molecule has 0 fully saturated rings. The van der Waals surface area contributed by atoms with Crippen LogP contribution in [0.3, 0.4) is 0 Å². The van der Waals surface area contributed by atoms with Crippen molar-refractivity contribution in [1.82, 2.24) is 3.75 Å². The van der Waals surface area contributed by atoms with E-state index < -0.39 is 15.2 Å². The molecule has 0 heterocycles. The number of rotatable bonds is 2. The molecular weight excluding hydrogens is 247 g/mol. The maximum absolute atomic E-state index is 5.40. The third-order valence-corrected chi connectivity index (χ3v) is 10.3. The summed E-state index contributed by atoms with van der Waals surface area (Å²) >= 11 is 26.9. The molecule has 0 atom stereocenters. The molecule has 8 heteroatoms. The topological polar surface area (TPSA) is 3.24 Å². The SMILES string of the molecule is Cl[SiH2]N(Cl)[Si](Cl)(Cl)Cl. The highest BCUT2D eigenvalue weighted by molar-refractivity contribution is 7.65. The molecule has 0 rings (SSSR count). The lowest BCUT2D eigenvalue weighted by atomic mass is 13.8. The van der Waals surface area contributed by atoms with Gasteiger partial charge >= 0.3 is 6.16 Å². The molecule has 0 aromatic carbocycles. The van der Waals surface area contributed by atoms with Crippen molar-refractivity contribution in [2.75, 3.05) is 0 Å². The lowest BCUT2D eigenvalue weighted by Crippen LogP contribution is -2.32. The number of halogens is 5. The molecule has 0 aliphatic carbocycles. The third-order valence-electron chi connectivity index (χ3n) is 0.380. The van der Waals surface area contributed by atoms with Gasteiger partial charge in [0.15, 0.2) is 0 Å². The molecule has 0 aliphatic heterocycles. The van der Waals surface area contributed by atoms with Gasteiger partial charge in [0.25, 0.3) is 0 Å². The number of nitrogens with zero attached hydrogens (tertiary/aromatic N) is 1. The molecule has 0 aromatic rings. The van der Waals surface area contributed by atoms with Gasteiger partial charge < -0.3 is 0 Å². The van der Waals surface area contributed by atoms with E-state index in [9.17, 15) is 0 Å². The van der Waals surface area contributed by atoms with E-state index in [4.69, 9.17) is 56.1 Å². The van der Waals surface area contributed by atoms with Crippen LogP contribution in [0.15, 0.2) is 0 Å². The lowest BCUT2D eigenvalue weighted by Gasteiger charge is -2.14. The number of hydrogen-bond donors (Lipinski definition) is 0. The van der Waals surface area contributed by atoms with Gasteiger partial charge in [0.1, 0.15) is 0 Å². The summed E-state index contributed by atoms with van der Waals surface area (Å²) in [6, 6.07) is 0. The molecule has 0 aliphatic rings. The van der Waals surface area contributed by atoms with Crippen LogP contribution in [0.25, 0.3) is 0 Å². The Hall–Kier alpha value is 1.84. The fourth-order valence-corrected chi connectivity index (χ4v) is 5.49. The van der Waals surface area contributed by atoms with Gasteiger partial charge in [-0.2, -0.15) is 11.1 Å². The summed E-state index contributed by atoms with van der Waals surface area (Å²) in [7, 11) is -1.03. The molecule has 0 spiro atoms. The predicted octanol–water partition coefficient (Wildman–Crippen LogP) is 1.83. The fraction of sp³-hybridized carbons (Fsp3) is 0. The molecule has 8 heavy (non-hydrogen) atoms. The smallest absolute Gasteiger partial charge is 0.215 e. The van der Waals surface area contributed by atoms with Crippen LogP contribution in [0.2, 0.25) is 0 Å². The summed E-state index contributed by atoms with van der Waals surface area (Å²) in [5.41, 5.74) is 0. The zero-order valence-electron chi connectivity index (χ0n) is 3.54. The van der Waals surface area contributed by atoms with Gasteiger partial charge in [-0.3, -0.25) is 0 Å². The Morgan fingerprint density at radius 1 is 1.25 bits per heavy atom. The molecule has 0 bridgehead atoms. The van der Waals surface area contributed by atoms with Crippen molar-refractivity contribution in [1.29, 1.82) is 0 Å². The van der Waals surface area contributed by atoms with Gasteiger partial charge in [-0.25, -0.2) is 3.75 Å². The normalized spacial score (nSPS) is 14.2. The predicted molar refractivity (Wildman–Crippen MR) is 45.4 cm³/mol. The van der Waals surface area contributed by atoms with Crippen LogP contribution in [0.4, 0.5) is 0 Å². The Bertz CT molecular complexity index is 67.3. The van der Waals surface area contributed by atoms with Crippen LogP contribution in [0, 0.1) is 0 Å². The van der Waals surface area contributed by atoms with Crippen LogP contribution < -0.4 is 0 Å². The van der Waals surface area contributed by atoms with Crippen LogP contribution in [0.1, 0.15) is 0 Å². The van der Waals surface area contributed by atoms with Gasteiger partial charge in [-0.05, 0) is 11.8 Å². The minimum Gasteiger partial charge on any atom is -0.215 e. The zero-order chi connectivity index (χ0) is 6.78. The average Bonchev–Trinajstić information content (AvgIpc) is 1.62. The summed E-state index contributed by atoms with van der Waals surface area (Å²) in [5, 5.41) is 0. The summed E-state index contributed by atoms with van der Waals surface area (Å²) in [6.07, 6.45) is -2.82. The van der Waals surface area contributed by atoms with Crippen molar-refractivity contribution >= 4 is 71.2 Å². The van der Waals surface area contributed by atoms with Crippen LogP contribution >= 0.6 is 56.1 Å². The molecule has 0 amide bonds. The van der Waals surface area contributed by atoms with Gasteiger partial charge in [0, 0.05) is 0 Å². The van der Waals surface area contributed by atoms with E-state index in [1.54, 1.807) is 0 Å². The molecule has 0 saturated carbocycles. The second-order valence-corrected chi connectivity index (χ2v) is 12.4. The third kappa shape index (κ3) is 3.79. The van der Waals surface area contributed by atoms with Gasteiger partial charge in [0.2, 0.25) is 8.99 Å². The van der Waals surface area contributed by atoms with Crippen molar-refractivity contribution < 1.29 is 0 Å². The maximum atomic E-state index is 5.40. The second kappa shape index (κ2) is 3.88. The molecule has 0 unspecified atom stereocenters. The van der Waals surface area contributed by atoms with Gasteiger partial charge in [-0.1, -0.05) is 0 Å². The van der Waals surface area contributed by atoms with E-state index in [0.29, 0.717) is 0 Å². The van der Waals surface area contributed by atoms with Crippen molar-refractivity contribution in [3.63, 3.8) is 0 Å². The standard InChI is InChI=1S/Cl5H2NSi2/c1-6(7-2)8(3,4)5/h7H2. The first-order valence-electron chi connectivity index (χ1n) is 1.54. The van der Waals surface area contributed by atoms with E-state index >= 15 is 0 Å². The average molecular weight is 249 g/mol. The first-order valence-corrected chi connectivity index (χ1v) is 9.63. The highest BCUT2D eigenvalue weighted by Gasteiger charge is 2.32. The Kier molecular flexibility index (Phi) is 4.77. The van der Waals surface area contributed by atoms with Crippen molar-refractivity contribution in [3.05, 3.63) is 0 Å². The monoisotopic (exact) mass is 247 g/mol. The summed E-state index contributed by atoms with van der Waals surface area (Å²) in [4.78, 5) is 0. The van der Waals surface area contributed by atoms with Crippen LogP contribution in [-0.2, 0) is 0 Å². The first-order chi connectivity index (χ1) is 3.48. The maximum Gasteiger partial charge on any atom is 0.432 e. The number of hydrogen-bond acceptors (Lipinski definition) is 1. The fourth-order valence-electron chi connectivity index (χ4n) is 0.0678. The van der Waals surface area contributed by atoms with Gasteiger partial charge in [-0.15, -0.1) is 33.2 Å². The molecule has 0 N–H and O–H groups in total. The molecule has 0 radical (unpaired) electrons. The molecule has 1 nitrogen and oxygen atoms in total. The zero-order valence-corrected chi connectivity index (χ0v) is 9.74. The van der Waals surface area contributed by atoms with Gasteiger partial charge in [0.05, 0.1) is 0 Å². The van der Waals surface area contributed by atoms with Crippen molar-refractivity contribution in [2.45, 2.75) is 0 Å². The van der Waals surface area contributed by atoms with E-state index in [-0.39, 0.29) is 0 Å². The largest absolute Gasteiger partial charge is 0.432 e. The Morgan fingerprint density at radius 2 is 1.62 bits per heavy atom. The first kappa shape index (κ1) is 9.84. The van der Waals surface area contributed by atoms with Crippen LogP contribution in [0.5, 0.6) is 0 Å². The van der Waals surface area contributed by atoms with E-state index in [0.717, 1.165) is 3.75 Å². The summed E-state index contributed by atoms with van der Waals surface area (Å²) in [5.74, 6) is 0. The summed E-state index contributed by atoms with van der Waals surface area (Å²) < 4.78 is 1.12. The minimum atomic E-state index is -2.82. The molecular formula is H2Cl5NSi2. The quantitative estimate of drug-likeness (QED) is 0.410. The Balaban J connectivity index is 3.62. The molecule has 0 aromatic heterocycles. The van der Waals surface area contributed by atoms with E-state index in [1.165, 1.54) is 0 Å². The van der Waals surface area contributed by atoms with Crippen molar-refractivity contribution in [3.8, 4) is 0 Å². The minimum absolute atomic E-state index is 1.03. The highest BCUT2D eigenvalue weighted by atomic mass is 35.8. The second-order valence-electron chi connectivity index (χ2n) is 0.950. The van der Waals surface area contributed by atoms with Crippen molar-refractivity contribution in [2.24, 2.45) is 0 Å². The lowest BCUT2D eigenvalue weighted by molar-refractivity contribution is 1.15.